The molecule has 1 atom stereocenters. The van der Waals surface area contributed by atoms with Crippen LogP contribution in [0.1, 0.15) is 28.2 Å². The van der Waals surface area contributed by atoms with Crippen molar-refractivity contribution in [3.05, 3.63) is 40.5 Å². The van der Waals surface area contributed by atoms with Crippen molar-refractivity contribution in [3.63, 3.8) is 0 Å². The maximum atomic E-state index is 12.4. The lowest BCUT2D eigenvalue weighted by Crippen LogP contribution is -2.44. The second kappa shape index (κ2) is 6.54. The number of hydrogen-bond donors (Lipinski definition) is 0. The summed E-state index contributed by atoms with van der Waals surface area (Å²) in [4.78, 5) is 22.9. The van der Waals surface area contributed by atoms with Crippen LogP contribution in [0.4, 0.5) is 0 Å². The summed E-state index contributed by atoms with van der Waals surface area (Å²) >= 11 is 1.44. The van der Waals surface area contributed by atoms with E-state index >= 15 is 0 Å². The standard InChI is InChI=1S/C15H14N4O2S/c16-9-12-14(18-6-5-17-12)21-11-3-1-7-19(10-11)15(20)13-4-2-8-22-13/h2,4-6,8,11H,1,3,7,10H2. The number of hydrogen-bond acceptors (Lipinski definition) is 6. The Labute approximate surface area is 132 Å². The fourth-order valence-electron chi connectivity index (χ4n) is 2.42. The highest BCUT2D eigenvalue weighted by Crippen LogP contribution is 2.21. The molecule has 3 rings (SSSR count). The minimum Gasteiger partial charge on any atom is -0.470 e. The number of rotatable bonds is 3. The Morgan fingerprint density at radius 3 is 3.09 bits per heavy atom. The average Bonchev–Trinajstić information content (AvgIpc) is 3.09. The molecule has 0 N–H and O–H groups in total. The molecule has 0 radical (unpaired) electrons. The van der Waals surface area contributed by atoms with Gasteiger partial charge < -0.3 is 9.64 Å². The molecule has 0 bridgehead atoms. The van der Waals surface area contributed by atoms with E-state index in [1.165, 1.54) is 23.7 Å². The van der Waals surface area contributed by atoms with E-state index in [-0.39, 0.29) is 23.6 Å². The monoisotopic (exact) mass is 314 g/mol. The van der Waals surface area contributed by atoms with Crippen molar-refractivity contribution < 1.29 is 9.53 Å². The van der Waals surface area contributed by atoms with Gasteiger partial charge in [-0.25, -0.2) is 9.97 Å². The first-order valence-electron chi connectivity index (χ1n) is 6.98. The summed E-state index contributed by atoms with van der Waals surface area (Å²) in [5.41, 5.74) is 0.171. The Morgan fingerprint density at radius 1 is 1.45 bits per heavy atom. The first-order valence-corrected chi connectivity index (χ1v) is 7.86. The molecule has 0 aliphatic carbocycles. The van der Waals surface area contributed by atoms with Crippen LogP contribution in [0.2, 0.25) is 0 Å². The maximum absolute atomic E-state index is 12.4. The summed E-state index contributed by atoms with van der Waals surface area (Å²) in [7, 11) is 0. The van der Waals surface area contributed by atoms with Crippen molar-refractivity contribution in [2.24, 2.45) is 0 Å². The zero-order valence-corrected chi connectivity index (χ0v) is 12.6. The van der Waals surface area contributed by atoms with E-state index < -0.39 is 0 Å². The molecule has 3 heterocycles. The van der Waals surface area contributed by atoms with Crippen LogP contribution in [0, 0.1) is 11.3 Å². The third kappa shape index (κ3) is 3.07. The third-order valence-corrected chi connectivity index (χ3v) is 4.30. The highest BCUT2D eigenvalue weighted by molar-refractivity contribution is 7.12. The van der Waals surface area contributed by atoms with Crippen molar-refractivity contribution in [1.29, 1.82) is 5.26 Å². The van der Waals surface area contributed by atoms with Gasteiger partial charge in [-0.3, -0.25) is 4.79 Å². The lowest BCUT2D eigenvalue weighted by molar-refractivity contribution is 0.0530. The van der Waals surface area contributed by atoms with Crippen LogP contribution in [0.25, 0.3) is 0 Å². The SMILES string of the molecule is N#Cc1nccnc1OC1CCCN(C(=O)c2cccs2)C1. The summed E-state index contributed by atoms with van der Waals surface area (Å²) in [6, 6.07) is 5.66. The minimum absolute atomic E-state index is 0.0305. The lowest BCUT2D eigenvalue weighted by Gasteiger charge is -2.32. The van der Waals surface area contributed by atoms with Crippen molar-refractivity contribution >= 4 is 17.2 Å². The molecule has 1 unspecified atom stereocenters. The van der Waals surface area contributed by atoms with Crippen LogP contribution in [0.3, 0.4) is 0 Å². The van der Waals surface area contributed by atoms with Crippen molar-refractivity contribution in [1.82, 2.24) is 14.9 Å². The molecule has 2 aromatic heterocycles. The molecular formula is C15H14N4O2S. The van der Waals surface area contributed by atoms with Gasteiger partial charge in [0.2, 0.25) is 5.69 Å². The number of carbonyl (C=O) groups excluding carboxylic acids is 1. The topological polar surface area (TPSA) is 79.1 Å². The lowest BCUT2D eigenvalue weighted by atomic mass is 10.1. The Balaban J connectivity index is 1.68. The largest absolute Gasteiger partial charge is 0.470 e. The molecule has 22 heavy (non-hydrogen) atoms. The Kier molecular flexibility index (Phi) is 4.30. The van der Waals surface area contributed by atoms with Crippen molar-refractivity contribution in [2.45, 2.75) is 18.9 Å². The number of aromatic nitrogens is 2. The summed E-state index contributed by atoms with van der Waals surface area (Å²) in [5.74, 6) is 0.267. The van der Waals surface area contributed by atoms with Crippen LogP contribution < -0.4 is 4.74 Å². The van der Waals surface area contributed by atoms with Gasteiger partial charge >= 0.3 is 0 Å². The van der Waals surface area contributed by atoms with Gasteiger partial charge in [0.25, 0.3) is 11.8 Å². The van der Waals surface area contributed by atoms with Crippen LogP contribution in [0.5, 0.6) is 5.88 Å². The molecule has 1 aliphatic heterocycles. The predicted octanol–water partition coefficient (Wildman–Crippen LogP) is 2.09. The van der Waals surface area contributed by atoms with Crippen LogP contribution in [-0.2, 0) is 0 Å². The normalized spacial score (nSPS) is 17.8. The molecule has 1 amide bonds. The number of nitrogens with zero attached hydrogens (tertiary/aromatic N) is 4. The van der Waals surface area contributed by atoms with E-state index in [2.05, 4.69) is 9.97 Å². The van der Waals surface area contributed by atoms with Gasteiger partial charge in [0, 0.05) is 18.9 Å². The zero-order chi connectivity index (χ0) is 15.4. The Hall–Kier alpha value is -2.46. The predicted molar refractivity (Wildman–Crippen MR) is 80.6 cm³/mol. The smallest absolute Gasteiger partial charge is 0.264 e. The number of nitriles is 1. The molecule has 6 nitrogen and oxygen atoms in total. The summed E-state index contributed by atoms with van der Waals surface area (Å²) < 4.78 is 5.79. The molecule has 0 spiro atoms. The van der Waals surface area contributed by atoms with E-state index in [0.717, 1.165) is 24.3 Å². The number of amides is 1. The van der Waals surface area contributed by atoms with Gasteiger partial charge in [-0.1, -0.05) is 6.07 Å². The molecule has 7 heteroatoms. The first kappa shape index (κ1) is 14.5. The minimum atomic E-state index is -0.165. The number of carbonyl (C=O) groups is 1. The second-order valence-electron chi connectivity index (χ2n) is 4.93. The highest BCUT2D eigenvalue weighted by Gasteiger charge is 2.27. The van der Waals surface area contributed by atoms with Gasteiger partial charge in [0.05, 0.1) is 11.4 Å². The quantitative estimate of drug-likeness (QED) is 0.866. The van der Waals surface area contributed by atoms with Crippen LogP contribution >= 0.6 is 11.3 Å². The molecule has 0 aromatic carbocycles. The molecule has 1 aliphatic rings. The van der Waals surface area contributed by atoms with Crippen LogP contribution in [-0.4, -0.2) is 40.0 Å². The summed E-state index contributed by atoms with van der Waals surface area (Å²) in [6.45, 7) is 1.22. The van der Waals surface area contributed by atoms with Gasteiger partial charge in [-0.2, -0.15) is 5.26 Å². The average molecular weight is 314 g/mol. The molecule has 112 valence electrons. The van der Waals surface area contributed by atoms with E-state index in [9.17, 15) is 4.79 Å². The number of piperidine rings is 1. The number of ether oxygens (including phenoxy) is 1. The molecule has 1 fully saturated rings. The van der Waals surface area contributed by atoms with Gasteiger partial charge in [0.15, 0.2) is 0 Å². The molecule has 0 saturated carbocycles. The third-order valence-electron chi connectivity index (χ3n) is 3.45. The zero-order valence-electron chi connectivity index (χ0n) is 11.8. The van der Waals surface area contributed by atoms with E-state index in [4.69, 9.17) is 10.00 Å². The maximum Gasteiger partial charge on any atom is 0.264 e. The molecule has 2 aromatic rings. The Morgan fingerprint density at radius 2 is 2.32 bits per heavy atom. The van der Waals surface area contributed by atoms with Crippen molar-refractivity contribution in [2.75, 3.05) is 13.1 Å². The molecule has 1 saturated heterocycles. The van der Waals surface area contributed by atoms with E-state index in [1.54, 1.807) is 4.90 Å². The van der Waals surface area contributed by atoms with Gasteiger partial charge in [-0.15, -0.1) is 11.3 Å². The first-order chi connectivity index (χ1) is 10.8. The van der Waals surface area contributed by atoms with Crippen molar-refractivity contribution in [3.8, 4) is 11.9 Å². The second-order valence-corrected chi connectivity index (χ2v) is 5.88. The highest BCUT2D eigenvalue weighted by atomic mass is 32.1. The fourth-order valence-corrected chi connectivity index (χ4v) is 3.11. The van der Waals surface area contributed by atoms with Gasteiger partial charge in [-0.05, 0) is 24.3 Å². The molecular weight excluding hydrogens is 300 g/mol. The van der Waals surface area contributed by atoms with Crippen LogP contribution in [0.15, 0.2) is 29.9 Å². The fraction of sp³-hybridized carbons (Fsp3) is 0.333. The number of thiophene rings is 1. The summed E-state index contributed by atoms with van der Waals surface area (Å²) in [5, 5.41) is 10.9. The number of likely N-dealkylation sites (tertiary alicyclic amines) is 1. The van der Waals surface area contributed by atoms with E-state index in [0.29, 0.717) is 6.54 Å². The summed E-state index contributed by atoms with van der Waals surface area (Å²) in [6.07, 6.45) is 4.48. The van der Waals surface area contributed by atoms with Gasteiger partial charge in [0.1, 0.15) is 12.2 Å². The van der Waals surface area contributed by atoms with E-state index in [1.807, 2.05) is 23.6 Å². The Bertz CT molecular complexity index is 696.